The number of nitrogen functional groups attached to an aromatic ring is 1. The Balaban J connectivity index is 1.69. The lowest BCUT2D eigenvalue weighted by molar-refractivity contribution is -0.141. The minimum absolute atomic E-state index is 0.258. The van der Waals surface area contributed by atoms with E-state index >= 15 is 0 Å². The number of aliphatic hydroxyl groups excluding tert-OH is 1. The van der Waals surface area contributed by atoms with Crippen LogP contribution in [0.25, 0.3) is 33.3 Å². The van der Waals surface area contributed by atoms with Crippen molar-refractivity contribution >= 4 is 45.4 Å². The lowest BCUT2D eigenvalue weighted by atomic mass is 10.1. The number of aromatic nitrogens is 5. The van der Waals surface area contributed by atoms with Gasteiger partial charge in [-0.15, -0.1) is 0 Å². The Kier molecular flexibility index (Phi) is 3.70. The van der Waals surface area contributed by atoms with E-state index in [0.717, 1.165) is 35.1 Å². The van der Waals surface area contributed by atoms with E-state index in [1.165, 1.54) is 13.3 Å². The molecule has 6 rings (SSSR count). The zero-order valence-electron chi connectivity index (χ0n) is 16.8. The van der Waals surface area contributed by atoms with Crippen LogP contribution in [0.4, 0.5) is 5.82 Å². The standard InChI is InChI=1S/C21H20ClN7O2/c1-10(30)20(31)28-7-12-13(16-15(22)11-3-2-6-24-18(11)27-16)14-17(23)25-9-26-19(14)29(12)21(8-28)4-5-21/h2-3,6,9-10,30H,4-5,7-8H2,1H3,(H,24,27)(H2,23,25,26)/t10-/m1/s1. The molecule has 2 aliphatic rings. The molecule has 1 atom stereocenters. The van der Waals surface area contributed by atoms with E-state index in [1.54, 1.807) is 11.1 Å². The molecule has 1 aliphatic heterocycles. The Bertz CT molecular complexity index is 1390. The molecule has 0 bridgehead atoms. The quantitative estimate of drug-likeness (QED) is 0.442. The topological polar surface area (TPSA) is 126 Å². The minimum Gasteiger partial charge on any atom is -0.384 e. The van der Waals surface area contributed by atoms with Gasteiger partial charge in [0.25, 0.3) is 5.91 Å². The second-order valence-corrected chi connectivity index (χ2v) is 8.80. The zero-order valence-corrected chi connectivity index (χ0v) is 17.5. The van der Waals surface area contributed by atoms with Crippen LogP contribution in [0.3, 0.4) is 0 Å². The lowest BCUT2D eigenvalue weighted by Crippen LogP contribution is -2.48. The van der Waals surface area contributed by atoms with E-state index < -0.39 is 6.10 Å². The van der Waals surface area contributed by atoms with Gasteiger partial charge in [-0.2, -0.15) is 0 Å². The van der Waals surface area contributed by atoms with Crippen LogP contribution in [-0.2, 0) is 16.9 Å². The van der Waals surface area contributed by atoms with Crippen LogP contribution in [0.2, 0.25) is 5.02 Å². The smallest absolute Gasteiger partial charge is 0.251 e. The fraction of sp³-hybridized carbons (Fsp3) is 0.333. The third-order valence-electron chi connectivity index (χ3n) is 6.43. The van der Waals surface area contributed by atoms with Gasteiger partial charge in [0, 0.05) is 29.4 Å². The first-order chi connectivity index (χ1) is 14.9. The summed E-state index contributed by atoms with van der Waals surface area (Å²) >= 11 is 6.80. The molecular weight excluding hydrogens is 418 g/mol. The molecule has 1 aliphatic carbocycles. The van der Waals surface area contributed by atoms with Crippen molar-refractivity contribution in [3.8, 4) is 11.3 Å². The van der Waals surface area contributed by atoms with Gasteiger partial charge in [0.1, 0.15) is 29.5 Å². The Labute approximate surface area is 181 Å². The number of nitrogens with zero attached hydrogens (tertiary/aromatic N) is 5. The van der Waals surface area contributed by atoms with Gasteiger partial charge in [-0.1, -0.05) is 11.6 Å². The number of H-pyrrole nitrogens is 1. The van der Waals surface area contributed by atoms with Crippen molar-refractivity contribution in [2.24, 2.45) is 0 Å². The van der Waals surface area contributed by atoms with Crippen LogP contribution in [0.1, 0.15) is 25.5 Å². The average molecular weight is 438 g/mol. The summed E-state index contributed by atoms with van der Waals surface area (Å²) in [5.74, 6) is 0.0611. The maximum atomic E-state index is 12.7. The third kappa shape index (κ3) is 2.47. The van der Waals surface area contributed by atoms with Crippen LogP contribution in [0.15, 0.2) is 24.7 Å². The number of aliphatic hydroxyl groups is 1. The normalized spacial score (nSPS) is 18.0. The number of fused-ring (bicyclic) bond motifs is 5. The number of rotatable bonds is 2. The number of anilines is 1. The molecule has 1 saturated carbocycles. The fourth-order valence-electron chi connectivity index (χ4n) is 4.88. The highest BCUT2D eigenvalue weighted by Gasteiger charge is 2.52. The number of carbonyl (C=O) groups is 1. The molecule has 1 spiro atoms. The maximum absolute atomic E-state index is 12.7. The molecule has 5 heterocycles. The highest BCUT2D eigenvalue weighted by molar-refractivity contribution is 6.38. The summed E-state index contributed by atoms with van der Waals surface area (Å²) in [6, 6.07) is 3.74. The Morgan fingerprint density at radius 1 is 1.35 bits per heavy atom. The Morgan fingerprint density at radius 3 is 2.87 bits per heavy atom. The second-order valence-electron chi connectivity index (χ2n) is 8.42. The number of aromatic amines is 1. The molecular formula is C21H20ClN7O2. The molecule has 1 amide bonds. The summed E-state index contributed by atoms with van der Waals surface area (Å²) in [5.41, 5.74) is 9.84. The molecule has 10 heteroatoms. The van der Waals surface area contributed by atoms with Crippen LogP contribution in [0.5, 0.6) is 0 Å². The number of amides is 1. The molecule has 4 aromatic heterocycles. The number of halogens is 1. The van der Waals surface area contributed by atoms with Crippen LogP contribution >= 0.6 is 11.6 Å². The summed E-state index contributed by atoms with van der Waals surface area (Å²) < 4.78 is 2.21. The van der Waals surface area contributed by atoms with Gasteiger partial charge in [0.05, 0.1) is 28.2 Å². The van der Waals surface area contributed by atoms with Gasteiger partial charge in [0.2, 0.25) is 0 Å². The van der Waals surface area contributed by atoms with Gasteiger partial charge in [-0.3, -0.25) is 4.79 Å². The zero-order chi connectivity index (χ0) is 21.5. The molecule has 0 unspecified atom stereocenters. The molecule has 31 heavy (non-hydrogen) atoms. The van der Waals surface area contributed by atoms with Crippen molar-refractivity contribution in [1.82, 2.24) is 29.4 Å². The monoisotopic (exact) mass is 437 g/mol. The summed E-state index contributed by atoms with van der Waals surface area (Å²) in [5, 5.41) is 12.0. The van der Waals surface area contributed by atoms with Gasteiger partial charge < -0.3 is 25.3 Å². The molecule has 1 fully saturated rings. The van der Waals surface area contributed by atoms with Crippen molar-refractivity contribution in [2.75, 3.05) is 12.3 Å². The number of hydrogen-bond donors (Lipinski definition) is 3. The first kappa shape index (κ1) is 18.6. The molecule has 158 valence electrons. The molecule has 0 saturated heterocycles. The maximum Gasteiger partial charge on any atom is 0.251 e. The highest BCUT2D eigenvalue weighted by atomic mass is 35.5. The number of nitrogens with one attached hydrogen (secondary N) is 1. The van der Waals surface area contributed by atoms with Crippen molar-refractivity contribution in [3.63, 3.8) is 0 Å². The van der Waals surface area contributed by atoms with Crippen LogP contribution in [-0.4, -0.2) is 53.1 Å². The van der Waals surface area contributed by atoms with E-state index in [-0.39, 0.29) is 11.4 Å². The third-order valence-corrected chi connectivity index (χ3v) is 6.82. The van der Waals surface area contributed by atoms with E-state index in [9.17, 15) is 9.90 Å². The number of nitrogens with two attached hydrogens (primary N) is 1. The Morgan fingerprint density at radius 2 is 2.16 bits per heavy atom. The predicted octanol–water partition coefficient (Wildman–Crippen LogP) is 2.42. The van der Waals surface area contributed by atoms with Crippen molar-refractivity contribution in [1.29, 1.82) is 0 Å². The molecule has 4 N–H and O–H groups in total. The van der Waals surface area contributed by atoms with Crippen molar-refractivity contribution in [3.05, 3.63) is 35.4 Å². The van der Waals surface area contributed by atoms with Gasteiger partial charge >= 0.3 is 0 Å². The summed E-state index contributed by atoms with van der Waals surface area (Å²) in [7, 11) is 0. The summed E-state index contributed by atoms with van der Waals surface area (Å²) in [6.45, 7) is 2.34. The first-order valence-electron chi connectivity index (χ1n) is 10.1. The lowest BCUT2D eigenvalue weighted by Gasteiger charge is -2.36. The van der Waals surface area contributed by atoms with E-state index in [4.69, 9.17) is 17.3 Å². The van der Waals surface area contributed by atoms with Crippen LogP contribution < -0.4 is 5.73 Å². The van der Waals surface area contributed by atoms with Gasteiger partial charge in [-0.05, 0) is 31.9 Å². The van der Waals surface area contributed by atoms with Gasteiger partial charge in [-0.25, -0.2) is 15.0 Å². The SMILES string of the molecule is C[C@@H](O)C(=O)N1Cc2c(-c3[nH]c4ncccc4c3Cl)c3c(N)ncnc3n2C2(CC2)C1. The second kappa shape index (κ2) is 6.18. The largest absolute Gasteiger partial charge is 0.384 e. The number of pyridine rings is 1. The van der Waals surface area contributed by atoms with Crippen molar-refractivity contribution < 1.29 is 9.90 Å². The van der Waals surface area contributed by atoms with E-state index in [2.05, 4.69) is 24.5 Å². The fourth-order valence-corrected chi connectivity index (χ4v) is 5.18. The average Bonchev–Trinajstić information content (AvgIpc) is 3.31. The molecule has 4 aromatic rings. The summed E-state index contributed by atoms with van der Waals surface area (Å²) in [6.07, 6.45) is 3.93. The van der Waals surface area contributed by atoms with E-state index in [0.29, 0.717) is 40.7 Å². The molecule has 0 radical (unpaired) electrons. The molecule has 0 aromatic carbocycles. The predicted molar refractivity (Wildman–Crippen MR) is 116 cm³/mol. The van der Waals surface area contributed by atoms with Crippen LogP contribution in [0, 0.1) is 0 Å². The van der Waals surface area contributed by atoms with E-state index in [1.807, 2.05) is 12.1 Å². The number of hydrogen-bond acceptors (Lipinski definition) is 6. The molecule has 9 nitrogen and oxygen atoms in total. The summed E-state index contributed by atoms with van der Waals surface area (Å²) in [4.78, 5) is 31.0. The first-order valence-corrected chi connectivity index (χ1v) is 10.5. The Hall–Kier alpha value is -3.17. The number of carbonyl (C=O) groups excluding carboxylic acids is 1. The highest BCUT2D eigenvalue weighted by Crippen LogP contribution is 2.53. The van der Waals surface area contributed by atoms with Gasteiger partial charge in [0.15, 0.2) is 0 Å². The van der Waals surface area contributed by atoms with Crippen molar-refractivity contribution in [2.45, 2.75) is 38.0 Å². The minimum atomic E-state index is -1.07.